The Morgan fingerprint density at radius 2 is 2.24 bits per heavy atom. The second kappa shape index (κ2) is 5.29. The topological polar surface area (TPSA) is 62.8 Å². The van der Waals surface area contributed by atoms with Gasteiger partial charge >= 0.3 is 0 Å². The van der Waals surface area contributed by atoms with Crippen LogP contribution in [0, 0.1) is 5.41 Å². The Labute approximate surface area is 109 Å². The number of nitrogens with zero attached hydrogens (tertiary/aromatic N) is 1. The summed E-state index contributed by atoms with van der Waals surface area (Å²) in [5, 5.41) is 9.89. The van der Waals surface area contributed by atoms with Crippen molar-refractivity contribution in [1.29, 1.82) is 5.41 Å². The molecule has 1 aromatic heterocycles. The van der Waals surface area contributed by atoms with Crippen molar-refractivity contribution in [2.75, 3.05) is 5.73 Å². The standard InChI is InChI=1S/C12H12ClN3S/c13-11-3-9(5-14)12(15)4-8(11)1-2-10-6-17-7-16-10/h3-7,14H,1-2,15H2. The molecule has 3 N–H and O–H groups in total. The molecule has 0 spiro atoms. The Bertz CT molecular complexity index is 523. The van der Waals surface area contributed by atoms with Gasteiger partial charge in [-0.3, -0.25) is 0 Å². The number of aromatic nitrogens is 1. The molecule has 0 aliphatic heterocycles. The van der Waals surface area contributed by atoms with Crippen LogP contribution in [0.2, 0.25) is 5.02 Å². The Hall–Kier alpha value is -1.39. The van der Waals surface area contributed by atoms with Crippen molar-refractivity contribution in [1.82, 2.24) is 4.98 Å². The van der Waals surface area contributed by atoms with Gasteiger partial charge in [0.1, 0.15) is 0 Å². The molecule has 0 aliphatic carbocycles. The van der Waals surface area contributed by atoms with Gasteiger partial charge in [-0.2, -0.15) is 0 Å². The van der Waals surface area contributed by atoms with Crippen molar-refractivity contribution in [3.8, 4) is 0 Å². The summed E-state index contributed by atoms with van der Waals surface area (Å²) >= 11 is 7.73. The first kappa shape index (κ1) is 12.1. The lowest BCUT2D eigenvalue weighted by molar-refractivity contribution is 0.926. The van der Waals surface area contributed by atoms with E-state index in [0.717, 1.165) is 24.1 Å². The second-order valence-corrected chi connectivity index (χ2v) is 4.82. The van der Waals surface area contributed by atoms with Crippen molar-refractivity contribution in [3.05, 3.63) is 44.9 Å². The Balaban J connectivity index is 2.16. The van der Waals surface area contributed by atoms with Crippen LogP contribution in [0.3, 0.4) is 0 Å². The van der Waals surface area contributed by atoms with E-state index in [9.17, 15) is 0 Å². The van der Waals surface area contributed by atoms with Gasteiger partial charge < -0.3 is 11.1 Å². The molecule has 0 atom stereocenters. The van der Waals surface area contributed by atoms with Gasteiger partial charge in [0.2, 0.25) is 0 Å². The molecular formula is C12H12ClN3S. The van der Waals surface area contributed by atoms with E-state index in [4.69, 9.17) is 22.7 Å². The third kappa shape index (κ3) is 2.84. The molecule has 0 aliphatic rings. The predicted molar refractivity (Wildman–Crippen MR) is 73.3 cm³/mol. The van der Waals surface area contributed by atoms with Crippen molar-refractivity contribution < 1.29 is 0 Å². The maximum absolute atomic E-state index is 7.20. The molecule has 88 valence electrons. The van der Waals surface area contributed by atoms with E-state index in [1.54, 1.807) is 17.4 Å². The zero-order valence-electron chi connectivity index (χ0n) is 9.11. The second-order valence-electron chi connectivity index (χ2n) is 3.70. The fourth-order valence-corrected chi connectivity index (χ4v) is 2.45. The molecule has 0 amide bonds. The van der Waals surface area contributed by atoms with Crippen LogP contribution in [0.1, 0.15) is 16.8 Å². The minimum atomic E-state index is 0.595. The van der Waals surface area contributed by atoms with E-state index in [-0.39, 0.29) is 0 Å². The van der Waals surface area contributed by atoms with Gasteiger partial charge in [0.25, 0.3) is 0 Å². The highest BCUT2D eigenvalue weighted by molar-refractivity contribution is 7.07. The number of nitrogens with two attached hydrogens (primary N) is 1. The van der Waals surface area contributed by atoms with Crippen LogP contribution in [-0.2, 0) is 12.8 Å². The fraction of sp³-hybridized carbons (Fsp3) is 0.167. The highest BCUT2D eigenvalue weighted by Crippen LogP contribution is 2.23. The summed E-state index contributed by atoms with van der Waals surface area (Å²) in [6, 6.07) is 3.58. The number of halogens is 1. The number of benzene rings is 1. The molecule has 0 fully saturated rings. The van der Waals surface area contributed by atoms with Gasteiger partial charge in [0.15, 0.2) is 0 Å². The van der Waals surface area contributed by atoms with Crippen LogP contribution in [0.15, 0.2) is 23.0 Å². The lowest BCUT2D eigenvalue weighted by atomic mass is 10.0. The molecular weight excluding hydrogens is 254 g/mol. The van der Waals surface area contributed by atoms with Crippen LogP contribution in [-0.4, -0.2) is 11.2 Å². The highest BCUT2D eigenvalue weighted by atomic mass is 35.5. The van der Waals surface area contributed by atoms with Crippen LogP contribution >= 0.6 is 22.9 Å². The molecule has 1 aromatic carbocycles. The van der Waals surface area contributed by atoms with Gasteiger partial charge in [-0.15, -0.1) is 11.3 Å². The SMILES string of the molecule is N=Cc1cc(Cl)c(CCc2cscn2)cc1N. The Morgan fingerprint density at radius 1 is 1.41 bits per heavy atom. The first-order valence-corrected chi connectivity index (χ1v) is 6.48. The molecule has 5 heteroatoms. The average molecular weight is 266 g/mol. The van der Waals surface area contributed by atoms with Crippen molar-refractivity contribution in [2.24, 2.45) is 0 Å². The van der Waals surface area contributed by atoms with Gasteiger partial charge in [-0.25, -0.2) is 4.98 Å². The summed E-state index contributed by atoms with van der Waals surface area (Å²) in [7, 11) is 0. The molecule has 0 saturated heterocycles. The zero-order chi connectivity index (χ0) is 12.3. The number of hydrogen-bond donors (Lipinski definition) is 2. The van der Waals surface area contributed by atoms with E-state index in [0.29, 0.717) is 16.3 Å². The summed E-state index contributed by atoms with van der Waals surface area (Å²) in [6.07, 6.45) is 2.88. The molecule has 1 heterocycles. The fourth-order valence-electron chi connectivity index (χ4n) is 1.59. The smallest absolute Gasteiger partial charge is 0.0794 e. The Kier molecular flexibility index (Phi) is 3.76. The monoisotopic (exact) mass is 265 g/mol. The van der Waals surface area contributed by atoms with Gasteiger partial charge in [-0.1, -0.05) is 11.6 Å². The molecule has 0 unspecified atom stereocenters. The summed E-state index contributed by atoms with van der Waals surface area (Å²) < 4.78 is 0. The molecule has 2 rings (SSSR count). The maximum atomic E-state index is 7.20. The van der Waals surface area contributed by atoms with E-state index < -0.39 is 0 Å². The van der Waals surface area contributed by atoms with E-state index in [2.05, 4.69) is 4.98 Å². The first-order valence-electron chi connectivity index (χ1n) is 5.16. The van der Waals surface area contributed by atoms with E-state index in [1.165, 1.54) is 6.21 Å². The van der Waals surface area contributed by atoms with Gasteiger partial charge in [-0.05, 0) is 30.5 Å². The molecule has 17 heavy (non-hydrogen) atoms. The van der Waals surface area contributed by atoms with Gasteiger partial charge in [0, 0.05) is 27.9 Å². The molecule has 0 radical (unpaired) electrons. The quantitative estimate of drug-likeness (QED) is 0.659. The summed E-state index contributed by atoms with van der Waals surface area (Å²) in [4.78, 5) is 4.23. The Morgan fingerprint density at radius 3 is 2.88 bits per heavy atom. The van der Waals surface area contributed by atoms with Crippen LogP contribution in [0.25, 0.3) is 0 Å². The van der Waals surface area contributed by atoms with Crippen molar-refractivity contribution in [2.45, 2.75) is 12.8 Å². The average Bonchev–Trinajstić information content (AvgIpc) is 2.82. The third-order valence-electron chi connectivity index (χ3n) is 2.54. The van der Waals surface area contributed by atoms with Gasteiger partial charge in [0.05, 0.1) is 11.2 Å². The number of nitrogen functional groups attached to an aromatic ring is 1. The number of anilines is 1. The summed E-state index contributed by atoms with van der Waals surface area (Å²) in [5.74, 6) is 0. The minimum Gasteiger partial charge on any atom is -0.398 e. The largest absolute Gasteiger partial charge is 0.398 e. The zero-order valence-corrected chi connectivity index (χ0v) is 10.7. The number of hydrogen-bond acceptors (Lipinski definition) is 4. The van der Waals surface area contributed by atoms with Crippen LogP contribution < -0.4 is 5.73 Å². The molecule has 0 bridgehead atoms. The molecule has 2 aromatic rings. The minimum absolute atomic E-state index is 0.595. The normalized spacial score (nSPS) is 10.4. The van der Waals surface area contributed by atoms with E-state index >= 15 is 0 Å². The number of aryl methyl sites for hydroxylation is 2. The maximum Gasteiger partial charge on any atom is 0.0794 e. The first-order chi connectivity index (χ1) is 8.20. The van der Waals surface area contributed by atoms with Crippen molar-refractivity contribution >= 4 is 34.8 Å². The lowest BCUT2D eigenvalue weighted by Crippen LogP contribution is -1.98. The highest BCUT2D eigenvalue weighted by Gasteiger charge is 2.06. The lowest BCUT2D eigenvalue weighted by Gasteiger charge is -2.07. The van der Waals surface area contributed by atoms with E-state index in [1.807, 2.05) is 17.0 Å². The number of nitrogens with one attached hydrogen (secondary N) is 1. The summed E-state index contributed by atoms with van der Waals surface area (Å²) in [5.41, 5.74) is 11.0. The molecule has 3 nitrogen and oxygen atoms in total. The van der Waals surface area contributed by atoms with Crippen LogP contribution in [0.4, 0.5) is 5.69 Å². The third-order valence-corrected chi connectivity index (χ3v) is 3.53. The van der Waals surface area contributed by atoms with Crippen LogP contribution in [0.5, 0.6) is 0 Å². The van der Waals surface area contributed by atoms with Crippen molar-refractivity contribution in [3.63, 3.8) is 0 Å². The molecule has 0 saturated carbocycles. The predicted octanol–water partition coefficient (Wildman–Crippen LogP) is 3.16. The number of thiazole rings is 1. The summed E-state index contributed by atoms with van der Waals surface area (Å²) in [6.45, 7) is 0. The number of rotatable bonds is 4.